The minimum atomic E-state index is -0.939. The number of fused-ring (bicyclic) bond motifs is 1. The predicted octanol–water partition coefficient (Wildman–Crippen LogP) is 4.04. The van der Waals surface area contributed by atoms with Gasteiger partial charge in [-0.1, -0.05) is 37.6 Å². The average molecular weight is 439 g/mol. The molecule has 1 unspecified atom stereocenters. The maximum atomic E-state index is 11.1. The molecule has 0 radical (unpaired) electrons. The van der Waals surface area contributed by atoms with Crippen molar-refractivity contribution in [1.82, 2.24) is 0 Å². The summed E-state index contributed by atoms with van der Waals surface area (Å²) in [6, 6.07) is 16.2. The van der Waals surface area contributed by atoms with Gasteiger partial charge in [-0.3, -0.25) is 0 Å². The van der Waals surface area contributed by atoms with Crippen LogP contribution in [0.2, 0.25) is 0 Å². The Kier molecular flexibility index (Phi) is 10.4. The Bertz CT molecular complexity index is 826. The Hall–Kier alpha value is -1.96. The second-order valence-electron chi connectivity index (χ2n) is 7.69. The van der Waals surface area contributed by atoms with Gasteiger partial charge in [0.25, 0.3) is 0 Å². The number of carbonyl (C=O) groups is 1. The molecule has 1 aliphatic heterocycles. The number of ether oxygens (including phenoxy) is 2. The smallest absolute Gasteiger partial charge is 1.00 e. The van der Waals surface area contributed by atoms with Gasteiger partial charge in [0.1, 0.15) is 11.9 Å². The van der Waals surface area contributed by atoms with Crippen LogP contribution < -0.4 is 15.0 Å². The van der Waals surface area contributed by atoms with Crippen molar-refractivity contribution in [3.8, 4) is 5.75 Å². The van der Waals surface area contributed by atoms with Crippen molar-refractivity contribution in [2.24, 2.45) is 0 Å². The zero-order valence-corrected chi connectivity index (χ0v) is 20.0. The minimum Gasteiger partial charge on any atom is -1.00 e. The third-order valence-electron chi connectivity index (χ3n) is 5.40. The molecule has 0 saturated carbocycles. The first-order valence-electron chi connectivity index (χ1n) is 10.7. The van der Waals surface area contributed by atoms with Crippen molar-refractivity contribution < 1.29 is 22.2 Å². The Labute approximate surface area is 204 Å². The molecule has 0 aromatic heterocycles. The molecule has 0 saturated heterocycles. The van der Waals surface area contributed by atoms with E-state index in [0.29, 0.717) is 6.42 Å². The fourth-order valence-electron chi connectivity index (χ4n) is 3.81. The zero-order valence-electron chi connectivity index (χ0n) is 20.5. The van der Waals surface area contributed by atoms with Crippen LogP contribution in [0.25, 0.3) is 0 Å². The molecule has 0 spiro atoms. The summed E-state index contributed by atoms with van der Waals surface area (Å²) >= 11 is 0. The molecule has 2 aromatic carbocycles. The topological polar surface area (TPSA) is 71.0 Å². The zero-order chi connectivity index (χ0) is 21.3. The average Bonchev–Trinajstić information content (AvgIpc) is 2.76. The van der Waals surface area contributed by atoms with Gasteiger partial charge in [0.2, 0.25) is 0 Å². The van der Waals surface area contributed by atoms with E-state index in [1.807, 2.05) is 30.3 Å². The van der Waals surface area contributed by atoms with Crippen LogP contribution in [0, 0.1) is 0 Å². The number of hydrogen-bond acceptors (Lipinski definition) is 5. The molecule has 2 aromatic rings. The quantitative estimate of drug-likeness (QED) is 0.407. The Morgan fingerprint density at radius 3 is 2.71 bits per heavy atom. The normalized spacial score (nSPS) is 15.9. The van der Waals surface area contributed by atoms with Crippen molar-refractivity contribution in [3.63, 3.8) is 0 Å². The summed E-state index contributed by atoms with van der Waals surface area (Å²) < 4.78 is 11.1. The molecule has 1 aliphatic rings. The monoisotopic (exact) mass is 438 g/mol. The van der Waals surface area contributed by atoms with E-state index < -0.39 is 12.1 Å². The van der Waals surface area contributed by atoms with Gasteiger partial charge in [-0.15, -0.1) is 0 Å². The van der Waals surface area contributed by atoms with Gasteiger partial charge in [-0.2, -0.15) is 0 Å². The molecule has 6 nitrogen and oxygen atoms in total. The maximum absolute atomic E-state index is 11.1. The molecule has 31 heavy (non-hydrogen) atoms. The molecule has 1 heterocycles. The fourth-order valence-corrected chi connectivity index (χ4v) is 3.81. The molecule has 2 N–H and O–H groups in total. The Morgan fingerprint density at radius 2 is 2.03 bits per heavy atom. The van der Waals surface area contributed by atoms with Crippen molar-refractivity contribution in [1.29, 1.82) is 0 Å². The number of para-hydroxylation sites is 2. The molecule has 3 rings (SSSR count). The van der Waals surface area contributed by atoms with Gasteiger partial charge >= 0.3 is 29.0 Å². The summed E-state index contributed by atoms with van der Waals surface area (Å²) in [5.74, 6) is 0.0482. The van der Waals surface area contributed by atoms with Crippen LogP contribution in [-0.4, -0.2) is 73.1 Å². The maximum Gasteiger partial charge on any atom is 2.00 e. The minimum absolute atomic E-state index is 0. The summed E-state index contributed by atoms with van der Waals surface area (Å²) in [4.78, 5) is 13.5. The number of nitrogens with zero attached hydrogens (tertiary/aromatic N) is 1. The van der Waals surface area contributed by atoms with Crippen molar-refractivity contribution in [2.45, 2.75) is 44.8 Å². The van der Waals surface area contributed by atoms with E-state index in [4.69, 9.17) is 14.6 Å². The summed E-state index contributed by atoms with van der Waals surface area (Å²) in [5, 5.41) is 12.6. The first-order chi connectivity index (χ1) is 14.6. The van der Waals surface area contributed by atoms with Crippen LogP contribution in [0.15, 0.2) is 48.5 Å². The molecule has 0 aliphatic carbocycles. The molecular weight excluding hydrogens is 405 g/mol. The third kappa shape index (κ3) is 7.30. The van der Waals surface area contributed by atoms with E-state index in [0.717, 1.165) is 55.9 Å². The number of carboxylic acids is 1. The molecule has 0 fully saturated rings. The van der Waals surface area contributed by atoms with Gasteiger partial charge in [0, 0.05) is 32.3 Å². The first kappa shape index (κ1) is 25.3. The molecule has 0 amide bonds. The standard InChI is InChI=1S/C24H32N2O4.Mg.2H/c1-3-7-20-17-26(21-8-4-5-9-22(21)30-20)15-6-14-25-19-12-10-18(11-13-19)16-23(29-2)24(27)28;;;/h4-5,8-13,20,23,25H,3,6-7,14-17H2,1-2H3,(H,27,28);;;/q;+2;2*-1/t20?,23-;;;/m0.../s1. The van der Waals surface area contributed by atoms with Crippen molar-refractivity contribution in [2.75, 3.05) is 37.0 Å². The SMILES string of the molecule is CCCC1CN(CCCNc2ccc(C[C@H](OC)C(=O)O)cc2)c2ccccc2O1.[H-].[H-].[Mg+2]. The van der Waals surface area contributed by atoms with E-state index in [9.17, 15) is 4.79 Å². The van der Waals surface area contributed by atoms with Gasteiger partial charge in [-0.05, 0) is 42.7 Å². The number of rotatable bonds is 11. The fraction of sp³-hybridized carbons (Fsp3) is 0.458. The van der Waals surface area contributed by atoms with E-state index >= 15 is 0 Å². The van der Waals surface area contributed by atoms with Crippen LogP contribution >= 0.6 is 0 Å². The number of nitrogens with one attached hydrogen (secondary N) is 1. The van der Waals surface area contributed by atoms with Crippen LogP contribution in [0.1, 0.15) is 34.6 Å². The molecule has 166 valence electrons. The first-order valence-corrected chi connectivity index (χ1v) is 10.7. The van der Waals surface area contributed by atoms with Crippen LogP contribution in [0.4, 0.5) is 11.4 Å². The van der Waals surface area contributed by atoms with E-state index in [2.05, 4.69) is 35.3 Å². The largest absolute Gasteiger partial charge is 2.00 e. The summed E-state index contributed by atoms with van der Waals surface area (Å²) in [6.45, 7) is 4.97. The van der Waals surface area contributed by atoms with Crippen LogP contribution in [0.3, 0.4) is 0 Å². The van der Waals surface area contributed by atoms with Crippen molar-refractivity contribution >= 4 is 40.4 Å². The van der Waals surface area contributed by atoms with Gasteiger partial charge in [0.05, 0.1) is 12.2 Å². The number of aliphatic carboxylic acids is 1. The van der Waals surface area contributed by atoms with Gasteiger partial charge < -0.3 is 27.7 Å². The van der Waals surface area contributed by atoms with Crippen molar-refractivity contribution in [3.05, 3.63) is 54.1 Å². The summed E-state index contributed by atoms with van der Waals surface area (Å²) in [6.07, 6.45) is 3.02. The molecule has 0 bridgehead atoms. The second kappa shape index (κ2) is 12.8. The Balaban J connectivity index is 0.00000341. The van der Waals surface area contributed by atoms with Gasteiger partial charge in [0.15, 0.2) is 6.10 Å². The summed E-state index contributed by atoms with van der Waals surface area (Å²) in [5.41, 5.74) is 3.16. The third-order valence-corrected chi connectivity index (χ3v) is 5.40. The van der Waals surface area contributed by atoms with E-state index in [1.54, 1.807) is 0 Å². The Morgan fingerprint density at radius 1 is 1.29 bits per heavy atom. The van der Waals surface area contributed by atoms with Crippen LogP contribution in [0.5, 0.6) is 5.75 Å². The van der Waals surface area contributed by atoms with Gasteiger partial charge in [-0.25, -0.2) is 4.79 Å². The van der Waals surface area contributed by atoms with E-state index in [-0.39, 0.29) is 32.0 Å². The predicted molar refractivity (Wildman–Crippen MR) is 128 cm³/mol. The number of carboxylic acid groups (broad SMARTS) is 1. The molecule has 2 atom stereocenters. The number of hydrogen-bond donors (Lipinski definition) is 2. The number of methoxy groups -OCH3 is 1. The van der Waals surface area contributed by atoms with E-state index in [1.165, 1.54) is 12.8 Å². The number of anilines is 2. The van der Waals surface area contributed by atoms with Crippen LogP contribution in [-0.2, 0) is 16.0 Å². The second-order valence-corrected chi connectivity index (χ2v) is 7.69. The summed E-state index contributed by atoms with van der Waals surface area (Å²) in [7, 11) is 1.42. The molecule has 7 heteroatoms. The molecular formula is C24H34MgN2O4. The number of benzene rings is 2.